The van der Waals surface area contributed by atoms with Crippen LogP contribution in [0, 0.1) is 5.92 Å². The maximum Gasteiger partial charge on any atom is 0.280 e. The molecule has 3 rings (SSSR count). The van der Waals surface area contributed by atoms with Gasteiger partial charge in [-0.15, -0.1) is 23.7 Å². The molecule has 2 aliphatic rings. The van der Waals surface area contributed by atoms with Crippen molar-refractivity contribution < 1.29 is 9.59 Å². The van der Waals surface area contributed by atoms with Crippen LogP contribution in [0.5, 0.6) is 0 Å². The number of carbonyl (C=O) groups is 2. The van der Waals surface area contributed by atoms with Gasteiger partial charge in [0.2, 0.25) is 5.91 Å². The SMILES string of the molecule is CN1CCc2nc(C(=O)N[C@@H]3C[C@@H](C(=O)N(C)C)CC[C@@H]3N)sc2C1.Cl. The van der Waals surface area contributed by atoms with Crippen molar-refractivity contribution >= 4 is 35.6 Å². The van der Waals surface area contributed by atoms with Crippen LogP contribution in [0.25, 0.3) is 0 Å². The van der Waals surface area contributed by atoms with Crippen molar-refractivity contribution in [3.05, 3.63) is 15.6 Å². The lowest BCUT2D eigenvalue weighted by Crippen LogP contribution is -2.52. The Balaban J connectivity index is 0.00000243. The van der Waals surface area contributed by atoms with Gasteiger partial charge in [-0.2, -0.15) is 0 Å². The van der Waals surface area contributed by atoms with Crippen LogP contribution in [0.2, 0.25) is 0 Å². The quantitative estimate of drug-likeness (QED) is 0.784. The summed E-state index contributed by atoms with van der Waals surface area (Å²) in [5.41, 5.74) is 7.24. The Kier molecular flexibility index (Phi) is 7.01. The third-order valence-corrected chi connectivity index (χ3v) is 6.21. The molecule has 0 aromatic carbocycles. The van der Waals surface area contributed by atoms with Gasteiger partial charge in [0.1, 0.15) is 0 Å². The Morgan fingerprint density at radius 2 is 2.08 bits per heavy atom. The van der Waals surface area contributed by atoms with Crippen molar-refractivity contribution in [1.82, 2.24) is 20.1 Å². The summed E-state index contributed by atoms with van der Waals surface area (Å²) in [4.78, 5) is 34.4. The Morgan fingerprint density at radius 3 is 2.77 bits per heavy atom. The molecule has 1 aliphatic carbocycles. The van der Waals surface area contributed by atoms with Gasteiger partial charge >= 0.3 is 0 Å². The van der Waals surface area contributed by atoms with Gasteiger partial charge in [-0.1, -0.05) is 0 Å². The highest BCUT2D eigenvalue weighted by molar-refractivity contribution is 7.13. The second-order valence-electron chi connectivity index (χ2n) is 7.36. The predicted molar refractivity (Wildman–Crippen MR) is 105 cm³/mol. The predicted octanol–water partition coefficient (Wildman–Crippen LogP) is 0.867. The fourth-order valence-electron chi connectivity index (χ4n) is 3.60. The number of hydrogen-bond donors (Lipinski definition) is 2. The zero-order valence-corrected chi connectivity index (χ0v) is 17.2. The minimum atomic E-state index is -0.182. The zero-order chi connectivity index (χ0) is 18.1. The summed E-state index contributed by atoms with van der Waals surface area (Å²) in [6, 6.07) is -0.297. The summed E-state index contributed by atoms with van der Waals surface area (Å²) < 4.78 is 0. The molecule has 0 unspecified atom stereocenters. The number of nitrogens with one attached hydrogen (secondary N) is 1. The Morgan fingerprint density at radius 1 is 1.35 bits per heavy atom. The highest BCUT2D eigenvalue weighted by Gasteiger charge is 2.34. The fourth-order valence-corrected chi connectivity index (χ4v) is 4.69. The van der Waals surface area contributed by atoms with Gasteiger partial charge in [0.25, 0.3) is 5.91 Å². The number of amides is 2. The molecule has 0 bridgehead atoms. The summed E-state index contributed by atoms with van der Waals surface area (Å²) in [5, 5.41) is 3.54. The number of rotatable bonds is 3. The van der Waals surface area contributed by atoms with Gasteiger partial charge in [0.15, 0.2) is 5.01 Å². The summed E-state index contributed by atoms with van der Waals surface area (Å²) in [6.45, 7) is 1.82. The largest absolute Gasteiger partial charge is 0.349 e. The zero-order valence-electron chi connectivity index (χ0n) is 15.5. The second kappa shape index (κ2) is 8.65. The normalized spacial score (nSPS) is 25.8. The molecule has 146 valence electrons. The molecule has 1 aromatic rings. The van der Waals surface area contributed by atoms with Gasteiger partial charge in [0, 0.05) is 56.5 Å². The summed E-state index contributed by atoms with van der Waals surface area (Å²) in [7, 11) is 5.61. The van der Waals surface area contributed by atoms with Crippen molar-refractivity contribution in [2.24, 2.45) is 11.7 Å². The van der Waals surface area contributed by atoms with Gasteiger partial charge in [-0.3, -0.25) is 9.59 Å². The number of nitrogens with two attached hydrogens (primary N) is 1. The van der Waals surface area contributed by atoms with Crippen molar-refractivity contribution in [2.45, 2.75) is 44.3 Å². The Labute approximate surface area is 164 Å². The van der Waals surface area contributed by atoms with Gasteiger partial charge in [-0.05, 0) is 26.3 Å². The van der Waals surface area contributed by atoms with E-state index in [1.54, 1.807) is 19.0 Å². The van der Waals surface area contributed by atoms with Crippen LogP contribution in [0.4, 0.5) is 0 Å². The molecule has 0 saturated heterocycles. The molecule has 0 spiro atoms. The Bertz CT molecular complexity index is 666. The fraction of sp³-hybridized carbons (Fsp3) is 0.706. The number of thiazole rings is 1. The van der Waals surface area contributed by atoms with Crippen LogP contribution < -0.4 is 11.1 Å². The van der Waals surface area contributed by atoms with Gasteiger partial charge in [-0.25, -0.2) is 4.98 Å². The molecular weight excluding hydrogens is 374 g/mol. The van der Waals surface area contributed by atoms with E-state index in [9.17, 15) is 9.59 Å². The Hall–Kier alpha value is -1.22. The van der Waals surface area contributed by atoms with Crippen LogP contribution in [0.3, 0.4) is 0 Å². The molecule has 1 aromatic heterocycles. The molecule has 1 aliphatic heterocycles. The van der Waals surface area contributed by atoms with Crippen LogP contribution in [-0.4, -0.2) is 66.4 Å². The minimum absolute atomic E-state index is 0. The minimum Gasteiger partial charge on any atom is -0.349 e. The van der Waals surface area contributed by atoms with Crippen LogP contribution in [0.15, 0.2) is 0 Å². The molecular formula is C17H28ClN5O2S. The highest BCUT2D eigenvalue weighted by Crippen LogP contribution is 2.27. The lowest BCUT2D eigenvalue weighted by Gasteiger charge is -2.34. The highest BCUT2D eigenvalue weighted by atomic mass is 35.5. The van der Waals surface area contributed by atoms with Crippen molar-refractivity contribution in [3.8, 4) is 0 Å². The molecule has 7 nitrogen and oxygen atoms in total. The van der Waals surface area contributed by atoms with Crippen molar-refractivity contribution in [2.75, 3.05) is 27.7 Å². The van der Waals surface area contributed by atoms with Gasteiger partial charge in [0.05, 0.1) is 5.69 Å². The van der Waals surface area contributed by atoms with Crippen molar-refractivity contribution in [3.63, 3.8) is 0 Å². The lowest BCUT2D eigenvalue weighted by atomic mass is 9.82. The maximum atomic E-state index is 12.6. The first-order valence-corrected chi connectivity index (χ1v) is 9.61. The summed E-state index contributed by atoms with van der Waals surface area (Å²) >= 11 is 1.47. The van der Waals surface area contributed by atoms with Gasteiger partial charge < -0.3 is 20.9 Å². The number of carbonyl (C=O) groups excluding carboxylic acids is 2. The molecule has 3 N–H and O–H groups in total. The molecule has 9 heteroatoms. The first kappa shape index (κ1) is 21.1. The van der Waals surface area contributed by atoms with E-state index in [0.717, 1.165) is 38.0 Å². The van der Waals surface area contributed by atoms with Crippen molar-refractivity contribution in [1.29, 1.82) is 0 Å². The molecule has 2 amide bonds. The molecule has 3 atom stereocenters. The average molecular weight is 402 g/mol. The number of hydrogen-bond acceptors (Lipinski definition) is 6. The smallest absolute Gasteiger partial charge is 0.280 e. The standard InChI is InChI=1S/C17H27N5O2S.ClH/c1-21(2)17(24)10-4-5-11(18)13(8-10)19-15(23)16-20-12-6-7-22(3)9-14(12)25-16;/h10-11,13H,4-9,18H2,1-3H3,(H,19,23);1H/t10-,11-,13+;/m0./s1. The van der Waals surface area contributed by atoms with E-state index >= 15 is 0 Å². The van der Waals surface area contributed by atoms with Crippen LogP contribution in [-0.2, 0) is 17.8 Å². The summed E-state index contributed by atoms with van der Waals surface area (Å²) in [6.07, 6.45) is 3.01. The van der Waals surface area contributed by atoms with E-state index in [2.05, 4.69) is 22.2 Å². The maximum absolute atomic E-state index is 12.6. The first-order chi connectivity index (χ1) is 11.8. The summed E-state index contributed by atoms with van der Waals surface area (Å²) in [5.74, 6) is -0.127. The number of halogens is 1. The molecule has 26 heavy (non-hydrogen) atoms. The number of nitrogens with zero attached hydrogens (tertiary/aromatic N) is 3. The molecule has 2 heterocycles. The van der Waals surface area contributed by atoms with E-state index in [1.807, 2.05) is 0 Å². The topological polar surface area (TPSA) is 91.6 Å². The van der Waals surface area contributed by atoms with E-state index < -0.39 is 0 Å². The van der Waals surface area contributed by atoms with Crippen LogP contribution in [0.1, 0.15) is 39.6 Å². The average Bonchev–Trinajstić information content (AvgIpc) is 2.99. The van der Waals surface area contributed by atoms with E-state index in [1.165, 1.54) is 16.2 Å². The molecule has 1 fully saturated rings. The van der Waals surface area contributed by atoms with Crippen LogP contribution >= 0.6 is 23.7 Å². The molecule has 0 radical (unpaired) electrons. The van der Waals surface area contributed by atoms with E-state index in [4.69, 9.17) is 5.73 Å². The van der Waals surface area contributed by atoms with E-state index in [0.29, 0.717) is 11.4 Å². The van der Waals surface area contributed by atoms with E-state index in [-0.39, 0.29) is 42.2 Å². The number of fused-ring (bicyclic) bond motifs is 1. The monoisotopic (exact) mass is 401 g/mol. The number of aromatic nitrogens is 1. The third kappa shape index (κ3) is 4.54. The first-order valence-electron chi connectivity index (χ1n) is 8.80. The third-order valence-electron chi connectivity index (χ3n) is 5.13. The molecule has 1 saturated carbocycles. The second-order valence-corrected chi connectivity index (χ2v) is 8.45. The number of likely N-dealkylation sites (N-methyl/N-ethyl adjacent to an activating group) is 1. The lowest BCUT2D eigenvalue weighted by molar-refractivity contribution is -0.134.